The Morgan fingerprint density at radius 2 is 1.79 bits per heavy atom. The molecule has 0 saturated heterocycles. The Morgan fingerprint density at radius 3 is 2.64 bits per heavy atom. The Morgan fingerprint density at radius 1 is 1.00 bits per heavy atom. The minimum Gasteiger partial charge on any atom is -0.482 e. The summed E-state index contributed by atoms with van der Waals surface area (Å²) >= 11 is 1.51. The van der Waals surface area contributed by atoms with E-state index in [9.17, 15) is 14.4 Å². The van der Waals surface area contributed by atoms with Gasteiger partial charge in [-0.3, -0.25) is 25.2 Å². The van der Waals surface area contributed by atoms with Crippen molar-refractivity contribution in [3.05, 3.63) is 45.1 Å². The third-order valence-corrected chi connectivity index (χ3v) is 6.12. The highest BCUT2D eigenvalue weighted by Crippen LogP contribution is 2.29. The van der Waals surface area contributed by atoms with Crippen molar-refractivity contribution in [2.75, 3.05) is 11.9 Å². The number of hydrazine groups is 1. The summed E-state index contributed by atoms with van der Waals surface area (Å²) in [6.07, 6.45) is 6.82. The van der Waals surface area contributed by atoms with Gasteiger partial charge >= 0.3 is 0 Å². The second-order valence-corrected chi connectivity index (χ2v) is 8.07. The summed E-state index contributed by atoms with van der Waals surface area (Å²) < 4.78 is 5.31. The van der Waals surface area contributed by atoms with E-state index >= 15 is 0 Å². The maximum absolute atomic E-state index is 12.5. The van der Waals surface area contributed by atoms with Crippen molar-refractivity contribution in [3.63, 3.8) is 0 Å². The van der Waals surface area contributed by atoms with E-state index in [-0.39, 0.29) is 18.4 Å². The molecule has 4 rings (SSSR count). The average Bonchev–Trinajstić information content (AvgIpc) is 3.07. The van der Waals surface area contributed by atoms with E-state index < -0.39 is 5.91 Å². The van der Waals surface area contributed by atoms with Crippen molar-refractivity contribution in [1.82, 2.24) is 10.9 Å². The zero-order valence-electron chi connectivity index (χ0n) is 15.3. The molecule has 3 amide bonds. The molecule has 2 heterocycles. The molecule has 3 N–H and O–H groups in total. The quantitative estimate of drug-likeness (QED) is 0.677. The normalized spacial score (nSPS) is 15.8. The molecule has 8 heteroatoms. The van der Waals surface area contributed by atoms with Gasteiger partial charge in [0.1, 0.15) is 5.75 Å². The van der Waals surface area contributed by atoms with Gasteiger partial charge in [-0.15, -0.1) is 11.3 Å². The van der Waals surface area contributed by atoms with Gasteiger partial charge in [-0.25, -0.2) is 0 Å². The van der Waals surface area contributed by atoms with Gasteiger partial charge in [0, 0.05) is 10.4 Å². The van der Waals surface area contributed by atoms with Gasteiger partial charge in [0.2, 0.25) is 0 Å². The molecule has 0 atom stereocenters. The average molecular weight is 399 g/mol. The molecular weight excluding hydrogens is 378 g/mol. The first-order valence-electron chi connectivity index (χ1n) is 9.39. The molecule has 1 aromatic heterocycles. The lowest BCUT2D eigenvalue weighted by Gasteiger charge is -2.18. The highest BCUT2D eigenvalue weighted by molar-refractivity contribution is 7.14. The lowest BCUT2D eigenvalue weighted by Crippen LogP contribution is -2.41. The maximum atomic E-state index is 12.5. The number of benzene rings is 1. The highest BCUT2D eigenvalue weighted by atomic mass is 32.1. The molecule has 0 saturated carbocycles. The van der Waals surface area contributed by atoms with E-state index in [1.165, 1.54) is 40.7 Å². The van der Waals surface area contributed by atoms with Crippen LogP contribution in [0, 0.1) is 0 Å². The fourth-order valence-corrected chi connectivity index (χ4v) is 4.57. The second kappa shape index (κ2) is 8.02. The van der Waals surface area contributed by atoms with E-state index in [4.69, 9.17) is 4.74 Å². The van der Waals surface area contributed by atoms with Crippen LogP contribution in [-0.4, -0.2) is 24.3 Å². The first kappa shape index (κ1) is 18.5. The van der Waals surface area contributed by atoms with Crippen LogP contribution in [0.25, 0.3) is 0 Å². The van der Waals surface area contributed by atoms with Crippen LogP contribution in [0.4, 0.5) is 5.69 Å². The molecule has 0 radical (unpaired) electrons. The first-order chi connectivity index (χ1) is 13.6. The highest BCUT2D eigenvalue weighted by Gasteiger charge is 2.19. The first-order valence-corrected chi connectivity index (χ1v) is 10.2. The number of ether oxygens (including phenoxy) is 1. The van der Waals surface area contributed by atoms with Crippen molar-refractivity contribution in [1.29, 1.82) is 0 Å². The number of hydrogen-bond acceptors (Lipinski definition) is 5. The molecule has 2 aliphatic rings. The zero-order chi connectivity index (χ0) is 19.5. The van der Waals surface area contributed by atoms with Crippen molar-refractivity contribution < 1.29 is 19.1 Å². The molecule has 0 fully saturated rings. The molecule has 1 aliphatic carbocycles. The molecule has 0 bridgehead atoms. The van der Waals surface area contributed by atoms with Gasteiger partial charge in [-0.1, -0.05) is 12.8 Å². The van der Waals surface area contributed by atoms with Crippen LogP contribution in [0.5, 0.6) is 5.75 Å². The van der Waals surface area contributed by atoms with Crippen molar-refractivity contribution in [3.8, 4) is 5.75 Å². The number of thiophene rings is 1. The van der Waals surface area contributed by atoms with E-state index in [1.807, 2.05) is 6.07 Å². The van der Waals surface area contributed by atoms with Gasteiger partial charge in [0.15, 0.2) is 6.61 Å². The van der Waals surface area contributed by atoms with Crippen LogP contribution in [0.3, 0.4) is 0 Å². The standard InChI is InChI=1S/C20H21N3O4S/c24-18-11-27-15-9-13(7-8-14(15)21-18)19(25)22-23-20(26)17-10-12-5-3-1-2-4-6-16(12)28-17/h7-10H,1-6,11H2,(H,21,24)(H,22,25)(H,23,26). The Bertz CT molecular complexity index is 912. The predicted octanol–water partition coefficient (Wildman–Crippen LogP) is 2.81. The van der Waals surface area contributed by atoms with Gasteiger partial charge in [0.05, 0.1) is 10.6 Å². The summed E-state index contributed by atoms with van der Waals surface area (Å²) in [6, 6.07) is 6.64. The fourth-order valence-electron chi connectivity index (χ4n) is 3.42. The third-order valence-electron chi connectivity index (χ3n) is 4.89. The number of carbonyl (C=O) groups is 3. The van der Waals surface area contributed by atoms with Crippen LogP contribution >= 0.6 is 11.3 Å². The number of fused-ring (bicyclic) bond motifs is 2. The van der Waals surface area contributed by atoms with Crippen LogP contribution < -0.4 is 20.9 Å². The molecule has 0 unspecified atom stereocenters. The van der Waals surface area contributed by atoms with Crippen LogP contribution in [0.1, 0.15) is 56.2 Å². The Kier molecular flexibility index (Phi) is 5.29. The largest absolute Gasteiger partial charge is 0.482 e. The molecular formula is C20H21N3O4S. The summed E-state index contributed by atoms with van der Waals surface area (Å²) in [5.41, 5.74) is 7.04. The minimum atomic E-state index is -0.452. The summed E-state index contributed by atoms with van der Waals surface area (Å²) in [5.74, 6) is -0.572. The Balaban J connectivity index is 1.39. The number of amides is 3. The molecule has 1 aromatic carbocycles. The number of hydrogen-bond donors (Lipinski definition) is 3. The second-order valence-electron chi connectivity index (χ2n) is 6.93. The van der Waals surface area contributed by atoms with Crippen molar-refractivity contribution >= 4 is 34.7 Å². The Hall–Kier alpha value is -2.87. The minimum absolute atomic E-state index is 0.0855. The number of aryl methyl sites for hydroxylation is 2. The SMILES string of the molecule is O=C1COc2cc(C(=O)NNC(=O)c3cc4c(s3)CCCCCC4)ccc2N1. The van der Waals surface area contributed by atoms with Gasteiger partial charge < -0.3 is 10.1 Å². The van der Waals surface area contributed by atoms with Crippen LogP contribution in [-0.2, 0) is 17.6 Å². The summed E-state index contributed by atoms with van der Waals surface area (Å²) in [6.45, 7) is -0.0855. The van der Waals surface area contributed by atoms with Crippen molar-refractivity contribution in [2.45, 2.75) is 38.5 Å². The molecule has 7 nitrogen and oxygen atoms in total. The number of carbonyl (C=O) groups excluding carboxylic acids is 3. The topological polar surface area (TPSA) is 96.5 Å². The number of nitrogens with one attached hydrogen (secondary N) is 3. The summed E-state index contributed by atoms with van der Waals surface area (Å²) in [4.78, 5) is 38.0. The van der Waals surface area contributed by atoms with Crippen LogP contribution in [0.15, 0.2) is 24.3 Å². The van der Waals surface area contributed by atoms with Gasteiger partial charge in [-0.05, 0) is 55.5 Å². The summed E-state index contributed by atoms with van der Waals surface area (Å²) in [5, 5.41) is 2.67. The molecule has 28 heavy (non-hydrogen) atoms. The molecule has 2 aromatic rings. The van der Waals surface area contributed by atoms with Crippen LogP contribution in [0.2, 0.25) is 0 Å². The number of anilines is 1. The Labute approximate surface area is 166 Å². The monoisotopic (exact) mass is 399 g/mol. The lowest BCUT2D eigenvalue weighted by atomic mass is 10.00. The zero-order valence-corrected chi connectivity index (χ0v) is 16.1. The van der Waals surface area contributed by atoms with E-state index in [1.54, 1.807) is 12.1 Å². The van der Waals surface area contributed by atoms with Gasteiger partial charge in [0.25, 0.3) is 17.7 Å². The predicted molar refractivity (Wildman–Crippen MR) is 106 cm³/mol. The van der Waals surface area contributed by atoms with E-state index in [0.29, 0.717) is 21.9 Å². The molecule has 146 valence electrons. The molecule has 1 aliphatic heterocycles. The molecule has 0 spiro atoms. The van der Waals surface area contributed by atoms with E-state index in [2.05, 4.69) is 16.2 Å². The third kappa shape index (κ3) is 4.01. The lowest BCUT2D eigenvalue weighted by molar-refractivity contribution is -0.118. The van der Waals surface area contributed by atoms with E-state index in [0.717, 1.165) is 25.7 Å². The summed E-state index contributed by atoms with van der Waals surface area (Å²) in [7, 11) is 0. The smallest absolute Gasteiger partial charge is 0.279 e. The van der Waals surface area contributed by atoms with Gasteiger partial charge in [-0.2, -0.15) is 0 Å². The van der Waals surface area contributed by atoms with Crippen molar-refractivity contribution in [2.24, 2.45) is 0 Å². The number of rotatable bonds is 2. The maximum Gasteiger partial charge on any atom is 0.279 e. The fraction of sp³-hybridized carbons (Fsp3) is 0.350.